The van der Waals surface area contributed by atoms with Gasteiger partial charge in [-0.25, -0.2) is 4.79 Å². The van der Waals surface area contributed by atoms with Crippen molar-refractivity contribution >= 4 is 5.97 Å². The van der Waals surface area contributed by atoms with Gasteiger partial charge >= 0.3 is 5.97 Å². The second-order valence-electron chi connectivity index (χ2n) is 8.39. The molecule has 0 saturated carbocycles. The molecular formula is C28H33NO5. The van der Waals surface area contributed by atoms with Crippen LogP contribution in [0.2, 0.25) is 0 Å². The van der Waals surface area contributed by atoms with Crippen molar-refractivity contribution in [3.05, 3.63) is 102 Å². The summed E-state index contributed by atoms with van der Waals surface area (Å²) in [7, 11) is 1.36. The van der Waals surface area contributed by atoms with E-state index in [1.165, 1.54) is 7.11 Å². The van der Waals surface area contributed by atoms with Crippen LogP contribution in [0.1, 0.15) is 28.4 Å². The first-order chi connectivity index (χ1) is 16.5. The molecule has 2 N–H and O–H groups in total. The molecule has 3 rings (SSSR count). The van der Waals surface area contributed by atoms with E-state index in [-0.39, 0.29) is 25.2 Å². The van der Waals surface area contributed by atoms with Gasteiger partial charge in [0.1, 0.15) is 24.7 Å². The zero-order valence-electron chi connectivity index (χ0n) is 19.7. The average Bonchev–Trinajstić information content (AvgIpc) is 2.87. The van der Waals surface area contributed by atoms with Crippen molar-refractivity contribution in [1.82, 2.24) is 4.90 Å². The Bertz CT molecular complexity index is 994. The lowest BCUT2D eigenvalue weighted by atomic mass is 10.0. The summed E-state index contributed by atoms with van der Waals surface area (Å²) in [5.74, 6) is 0.317. The largest absolute Gasteiger partial charge is 0.491 e. The van der Waals surface area contributed by atoms with Gasteiger partial charge in [-0.15, -0.1) is 0 Å². The van der Waals surface area contributed by atoms with E-state index in [0.29, 0.717) is 24.2 Å². The number of rotatable bonds is 12. The van der Waals surface area contributed by atoms with Crippen molar-refractivity contribution in [2.45, 2.75) is 38.1 Å². The van der Waals surface area contributed by atoms with Crippen LogP contribution in [0.25, 0.3) is 0 Å². The molecule has 6 nitrogen and oxygen atoms in total. The number of methoxy groups -OCH3 is 1. The Morgan fingerprint density at radius 1 is 0.853 bits per heavy atom. The number of para-hydroxylation sites is 1. The van der Waals surface area contributed by atoms with Crippen molar-refractivity contribution in [2.75, 3.05) is 20.3 Å². The molecule has 3 aromatic carbocycles. The third-order valence-electron chi connectivity index (χ3n) is 5.72. The Morgan fingerprint density at radius 2 is 1.44 bits per heavy atom. The number of carbonyl (C=O) groups excluding carboxylic acids is 1. The van der Waals surface area contributed by atoms with Crippen LogP contribution in [0.4, 0.5) is 0 Å². The highest BCUT2D eigenvalue weighted by Gasteiger charge is 2.25. The Balaban J connectivity index is 1.68. The molecule has 0 radical (unpaired) electrons. The van der Waals surface area contributed by atoms with Gasteiger partial charge in [-0.3, -0.25) is 4.90 Å². The fourth-order valence-corrected chi connectivity index (χ4v) is 3.90. The molecule has 0 aliphatic heterocycles. The van der Waals surface area contributed by atoms with E-state index >= 15 is 0 Å². The van der Waals surface area contributed by atoms with Crippen molar-refractivity contribution in [3.63, 3.8) is 0 Å². The second-order valence-corrected chi connectivity index (χ2v) is 8.39. The summed E-state index contributed by atoms with van der Waals surface area (Å²) < 4.78 is 10.5. The maximum absolute atomic E-state index is 11.7. The summed E-state index contributed by atoms with van der Waals surface area (Å²) in [5.41, 5.74) is 2.53. The molecule has 3 aromatic rings. The van der Waals surface area contributed by atoms with Gasteiger partial charge in [0.15, 0.2) is 0 Å². The zero-order valence-corrected chi connectivity index (χ0v) is 19.7. The van der Waals surface area contributed by atoms with Gasteiger partial charge in [0.05, 0.1) is 12.7 Å². The SMILES string of the molecule is COC(=O)c1ccc(C[C@@H](C)N(C[C@H](O)COc2ccccc2)[C@H](O)Cc2ccccc2)cc1. The lowest BCUT2D eigenvalue weighted by Crippen LogP contribution is -2.48. The van der Waals surface area contributed by atoms with Crippen LogP contribution in [0.3, 0.4) is 0 Å². The summed E-state index contributed by atoms with van der Waals surface area (Å²) in [6.07, 6.45) is -0.480. The first kappa shape index (κ1) is 25.4. The van der Waals surface area contributed by atoms with Crippen LogP contribution < -0.4 is 4.74 Å². The molecule has 6 heteroatoms. The van der Waals surface area contributed by atoms with Crippen molar-refractivity contribution in [1.29, 1.82) is 0 Å². The molecule has 0 amide bonds. The summed E-state index contributed by atoms with van der Waals surface area (Å²) in [6.45, 7) is 2.40. The molecule has 0 aliphatic carbocycles. The Labute approximate surface area is 201 Å². The molecule has 34 heavy (non-hydrogen) atoms. The third kappa shape index (κ3) is 7.70. The Kier molecular flexibility index (Phi) is 9.64. The standard InChI is InChI=1S/C28H33NO5/c1-21(17-23-13-15-24(16-14-23)28(32)33-2)29(27(31)18-22-9-5-3-6-10-22)19-25(30)20-34-26-11-7-4-8-12-26/h3-16,21,25,27,30-31H,17-20H2,1-2H3/t21-,25+,27-/m1/s1. The number of benzene rings is 3. The van der Waals surface area contributed by atoms with E-state index in [2.05, 4.69) is 0 Å². The fourth-order valence-electron chi connectivity index (χ4n) is 3.90. The van der Waals surface area contributed by atoms with Crippen LogP contribution in [0, 0.1) is 0 Å². The van der Waals surface area contributed by atoms with Gasteiger partial charge in [0.2, 0.25) is 0 Å². The second kappa shape index (κ2) is 12.9. The van der Waals surface area contributed by atoms with Gasteiger partial charge in [-0.1, -0.05) is 60.7 Å². The molecule has 0 saturated heterocycles. The maximum atomic E-state index is 11.7. The lowest BCUT2D eigenvalue weighted by Gasteiger charge is -2.35. The molecule has 0 spiro atoms. The van der Waals surface area contributed by atoms with Crippen LogP contribution in [0.15, 0.2) is 84.9 Å². The van der Waals surface area contributed by atoms with E-state index in [0.717, 1.165) is 11.1 Å². The number of carbonyl (C=O) groups is 1. The summed E-state index contributed by atoms with van der Waals surface area (Å²) >= 11 is 0. The van der Waals surface area contributed by atoms with E-state index in [1.807, 2.05) is 84.6 Å². The van der Waals surface area contributed by atoms with Crippen molar-refractivity contribution in [2.24, 2.45) is 0 Å². The van der Waals surface area contributed by atoms with Crippen LogP contribution in [-0.4, -0.2) is 59.7 Å². The fraction of sp³-hybridized carbons (Fsp3) is 0.321. The minimum Gasteiger partial charge on any atom is -0.491 e. The van der Waals surface area contributed by atoms with Crippen LogP contribution >= 0.6 is 0 Å². The molecule has 180 valence electrons. The maximum Gasteiger partial charge on any atom is 0.337 e. The number of aliphatic hydroxyl groups is 2. The molecule has 0 heterocycles. The third-order valence-corrected chi connectivity index (χ3v) is 5.72. The van der Waals surface area contributed by atoms with Gasteiger partial charge in [-0.2, -0.15) is 0 Å². The predicted molar refractivity (Wildman–Crippen MR) is 132 cm³/mol. The summed E-state index contributed by atoms with van der Waals surface area (Å²) in [6, 6.07) is 26.3. The zero-order chi connectivity index (χ0) is 24.3. The highest BCUT2D eigenvalue weighted by Crippen LogP contribution is 2.17. The summed E-state index contributed by atoms with van der Waals surface area (Å²) in [5, 5.41) is 21.8. The first-order valence-corrected chi connectivity index (χ1v) is 11.5. The molecule has 0 bridgehead atoms. The smallest absolute Gasteiger partial charge is 0.337 e. The van der Waals surface area contributed by atoms with Crippen molar-refractivity contribution < 1.29 is 24.5 Å². The molecule has 0 fully saturated rings. The highest BCUT2D eigenvalue weighted by atomic mass is 16.5. The minimum atomic E-state index is -0.783. The lowest BCUT2D eigenvalue weighted by molar-refractivity contribution is -0.0506. The van der Waals surface area contributed by atoms with Gasteiger partial charge in [0.25, 0.3) is 0 Å². The van der Waals surface area contributed by atoms with Crippen molar-refractivity contribution in [3.8, 4) is 5.75 Å². The van der Waals surface area contributed by atoms with Crippen LogP contribution in [-0.2, 0) is 17.6 Å². The van der Waals surface area contributed by atoms with Gasteiger partial charge < -0.3 is 19.7 Å². The van der Waals surface area contributed by atoms with E-state index in [9.17, 15) is 15.0 Å². The summed E-state index contributed by atoms with van der Waals surface area (Å²) in [4.78, 5) is 13.6. The first-order valence-electron chi connectivity index (χ1n) is 11.5. The van der Waals surface area contributed by atoms with Gasteiger partial charge in [0, 0.05) is 19.0 Å². The predicted octanol–water partition coefficient (Wildman–Crippen LogP) is 3.71. The number of esters is 1. The van der Waals surface area contributed by atoms with Crippen LogP contribution in [0.5, 0.6) is 5.75 Å². The molecule has 0 unspecified atom stereocenters. The quantitative estimate of drug-likeness (QED) is 0.315. The Hall–Kier alpha value is -3.19. The molecule has 3 atom stereocenters. The number of hydrogen-bond donors (Lipinski definition) is 2. The Morgan fingerprint density at radius 3 is 2.06 bits per heavy atom. The minimum absolute atomic E-state index is 0.0749. The number of hydrogen-bond acceptors (Lipinski definition) is 6. The van der Waals surface area contributed by atoms with Gasteiger partial charge in [-0.05, 0) is 48.7 Å². The highest BCUT2D eigenvalue weighted by molar-refractivity contribution is 5.89. The molecule has 0 aliphatic rings. The number of ether oxygens (including phenoxy) is 2. The van der Waals surface area contributed by atoms with E-state index in [1.54, 1.807) is 12.1 Å². The number of nitrogens with zero attached hydrogens (tertiary/aromatic N) is 1. The topological polar surface area (TPSA) is 79.2 Å². The normalized spacial score (nSPS) is 13.8. The van der Waals surface area contributed by atoms with E-state index in [4.69, 9.17) is 9.47 Å². The number of aliphatic hydroxyl groups excluding tert-OH is 2. The monoisotopic (exact) mass is 463 g/mol. The van der Waals surface area contributed by atoms with E-state index < -0.39 is 12.3 Å². The molecule has 0 aromatic heterocycles. The molecular weight excluding hydrogens is 430 g/mol. The average molecular weight is 464 g/mol.